The standard InChI is InChI=1S/C25H28N2O6/c1-25(2,3)33-24(31)16-12-17(13-16)32-11-5-7-15-6-4-8-18-19(15)14-27(23(18)30)20-9-10-21(28)26-22(20)29/h4,6,8,16-17,20H,9-14H2,1-3H3,(H,26,28,29)/t16-,17-,20?. The van der Waals surface area contributed by atoms with Crippen molar-refractivity contribution in [3.05, 3.63) is 34.9 Å². The van der Waals surface area contributed by atoms with Gasteiger partial charge in [-0.3, -0.25) is 24.5 Å². The third-order valence-electron chi connectivity index (χ3n) is 6.03. The molecule has 3 amide bonds. The van der Waals surface area contributed by atoms with Crippen LogP contribution in [0.25, 0.3) is 0 Å². The summed E-state index contributed by atoms with van der Waals surface area (Å²) in [6.07, 6.45) is 1.80. The zero-order chi connectivity index (χ0) is 23.8. The first-order valence-corrected chi connectivity index (χ1v) is 11.2. The van der Waals surface area contributed by atoms with E-state index in [0.717, 1.165) is 11.1 Å². The van der Waals surface area contributed by atoms with E-state index >= 15 is 0 Å². The summed E-state index contributed by atoms with van der Waals surface area (Å²) in [5.41, 5.74) is 1.55. The van der Waals surface area contributed by atoms with Crippen molar-refractivity contribution in [2.24, 2.45) is 5.92 Å². The van der Waals surface area contributed by atoms with E-state index in [9.17, 15) is 19.2 Å². The van der Waals surface area contributed by atoms with Crippen LogP contribution < -0.4 is 5.32 Å². The molecule has 3 aliphatic rings. The number of piperidine rings is 1. The Morgan fingerprint density at radius 1 is 1.21 bits per heavy atom. The van der Waals surface area contributed by atoms with Gasteiger partial charge in [0.15, 0.2) is 0 Å². The number of fused-ring (bicyclic) bond motifs is 1. The second-order valence-corrected chi connectivity index (χ2v) is 9.67. The number of nitrogens with one attached hydrogen (secondary N) is 1. The predicted octanol–water partition coefficient (Wildman–Crippen LogP) is 1.94. The average molecular weight is 453 g/mol. The van der Waals surface area contributed by atoms with Gasteiger partial charge in [0.1, 0.15) is 18.2 Å². The van der Waals surface area contributed by atoms with Gasteiger partial charge in [0, 0.05) is 24.1 Å². The third kappa shape index (κ3) is 5.09. The van der Waals surface area contributed by atoms with Crippen LogP contribution in [0.15, 0.2) is 18.2 Å². The number of hydrogen-bond donors (Lipinski definition) is 1. The normalized spacial score (nSPS) is 24.4. The Kier molecular flexibility index (Phi) is 6.26. The summed E-state index contributed by atoms with van der Waals surface area (Å²) in [6, 6.07) is 4.70. The van der Waals surface area contributed by atoms with Gasteiger partial charge in [-0.1, -0.05) is 17.9 Å². The Hall–Kier alpha value is -3.18. The molecule has 0 aromatic heterocycles. The van der Waals surface area contributed by atoms with E-state index in [4.69, 9.17) is 9.47 Å². The van der Waals surface area contributed by atoms with Crippen molar-refractivity contribution in [3.8, 4) is 11.8 Å². The van der Waals surface area contributed by atoms with Crippen molar-refractivity contribution in [1.82, 2.24) is 10.2 Å². The van der Waals surface area contributed by atoms with Crippen LogP contribution >= 0.6 is 0 Å². The summed E-state index contributed by atoms with van der Waals surface area (Å²) >= 11 is 0. The highest BCUT2D eigenvalue weighted by atomic mass is 16.6. The van der Waals surface area contributed by atoms with E-state index in [-0.39, 0.29) is 49.4 Å². The molecule has 1 saturated heterocycles. The Morgan fingerprint density at radius 2 is 1.97 bits per heavy atom. The molecule has 0 bridgehead atoms. The van der Waals surface area contributed by atoms with E-state index in [1.807, 2.05) is 26.8 Å². The molecule has 0 radical (unpaired) electrons. The zero-order valence-corrected chi connectivity index (χ0v) is 19.1. The van der Waals surface area contributed by atoms with Crippen molar-refractivity contribution in [2.45, 2.75) is 70.7 Å². The van der Waals surface area contributed by atoms with Crippen molar-refractivity contribution in [3.63, 3.8) is 0 Å². The molecule has 1 N–H and O–H groups in total. The number of amides is 3. The summed E-state index contributed by atoms with van der Waals surface area (Å²) in [6.45, 7) is 6.06. The van der Waals surface area contributed by atoms with Crippen LogP contribution in [-0.4, -0.2) is 52.9 Å². The molecule has 2 fully saturated rings. The minimum Gasteiger partial charge on any atom is -0.460 e. The number of ether oxygens (including phenoxy) is 2. The predicted molar refractivity (Wildman–Crippen MR) is 118 cm³/mol. The molecule has 1 saturated carbocycles. The lowest BCUT2D eigenvalue weighted by Crippen LogP contribution is -2.52. The molecule has 1 aliphatic carbocycles. The molecule has 1 aromatic carbocycles. The summed E-state index contributed by atoms with van der Waals surface area (Å²) in [4.78, 5) is 50.1. The Bertz CT molecular complexity index is 1050. The summed E-state index contributed by atoms with van der Waals surface area (Å²) in [5.74, 6) is 4.81. The van der Waals surface area contributed by atoms with Crippen LogP contribution in [0.4, 0.5) is 0 Å². The van der Waals surface area contributed by atoms with Crippen molar-refractivity contribution < 1.29 is 28.7 Å². The molecular weight excluding hydrogens is 424 g/mol. The van der Waals surface area contributed by atoms with Crippen molar-refractivity contribution >= 4 is 23.7 Å². The first-order chi connectivity index (χ1) is 15.6. The number of benzene rings is 1. The van der Waals surface area contributed by atoms with E-state index in [0.29, 0.717) is 24.8 Å². The van der Waals surface area contributed by atoms with Gasteiger partial charge in [-0.2, -0.15) is 0 Å². The maximum atomic E-state index is 12.9. The molecular formula is C25H28N2O6. The van der Waals surface area contributed by atoms with Gasteiger partial charge in [0.05, 0.1) is 12.0 Å². The molecule has 1 aromatic rings. The van der Waals surface area contributed by atoms with E-state index in [1.165, 1.54) is 4.90 Å². The average Bonchev–Trinajstić information content (AvgIpc) is 3.02. The largest absolute Gasteiger partial charge is 0.460 e. The fraction of sp³-hybridized carbons (Fsp3) is 0.520. The molecule has 4 rings (SSSR count). The number of esters is 1. The molecule has 174 valence electrons. The molecule has 33 heavy (non-hydrogen) atoms. The molecule has 2 heterocycles. The number of imide groups is 1. The highest BCUT2D eigenvalue weighted by Gasteiger charge is 2.40. The number of nitrogens with zero attached hydrogens (tertiary/aromatic N) is 1. The molecule has 8 nitrogen and oxygen atoms in total. The van der Waals surface area contributed by atoms with Gasteiger partial charge < -0.3 is 14.4 Å². The van der Waals surface area contributed by atoms with Crippen LogP contribution in [0.2, 0.25) is 0 Å². The van der Waals surface area contributed by atoms with Crippen molar-refractivity contribution in [2.75, 3.05) is 6.61 Å². The number of rotatable bonds is 4. The third-order valence-corrected chi connectivity index (χ3v) is 6.03. The fourth-order valence-electron chi connectivity index (χ4n) is 4.27. The van der Waals surface area contributed by atoms with Gasteiger partial charge >= 0.3 is 5.97 Å². The van der Waals surface area contributed by atoms with Gasteiger partial charge in [0.2, 0.25) is 11.8 Å². The van der Waals surface area contributed by atoms with Crippen LogP contribution in [0.1, 0.15) is 67.9 Å². The zero-order valence-electron chi connectivity index (χ0n) is 19.1. The number of hydrogen-bond acceptors (Lipinski definition) is 6. The Balaban J connectivity index is 1.32. The minimum atomic E-state index is -0.650. The van der Waals surface area contributed by atoms with Crippen molar-refractivity contribution in [1.29, 1.82) is 0 Å². The molecule has 1 atom stereocenters. The summed E-state index contributed by atoms with van der Waals surface area (Å²) < 4.78 is 11.1. The van der Waals surface area contributed by atoms with Gasteiger partial charge in [0.25, 0.3) is 5.91 Å². The first-order valence-electron chi connectivity index (χ1n) is 11.2. The topological polar surface area (TPSA) is 102 Å². The first kappa shape index (κ1) is 23.0. The lowest BCUT2D eigenvalue weighted by Gasteiger charge is -2.34. The molecule has 8 heteroatoms. The fourth-order valence-corrected chi connectivity index (χ4v) is 4.27. The van der Waals surface area contributed by atoms with E-state index in [1.54, 1.807) is 12.1 Å². The SMILES string of the molecule is CC(C)(C)OC(=O)[C@H]1C[C@H](OCC#Cc2cccc3c2CN(C2CCC(=O)NC2=O)C3=O)C1. The van der Waals surface area contributed by atoms with Gasteiger partial charge in [-0.05, 0) is 57.7 Å². The number of carbonyl (C=O) groups excluding carboxylic acids is 4. The molecule has 1 unspecified atom stereocenters. The number of carbonyl (C=O) groups is 4. The lowest BCUT2D eigenvalue weighted by molar-refractivity contribution is -0.168. The minimum absolute atomic E-state index is 0.0112. The Labute approximate surface area is 193 Å². The second-order valence-electron chi connectivity index (χ2n) is 9.67. The van der Waals surface area contributed by atoms with E-state index < -0.39 is 17.6 Å². The Morgan fingerprint density at radius 3 is 2.67 bits per heavy atom. The van der Waals surface area contributed by atoms with E-state index in [2.05, 4.69) is 17.2 Å². The van der Waals surface area contributed by atoms with Crippen LogP contribution in [0.5, 0.6) is 0 Å². The van der Waals surface area contributed by atoms with Gasteiger partial charge in [-0.25, -0.2) is 0 Å². The molecule has 0 spiro atoms. The van der Waals surface area contributed by atoms with Crippen LogP contribution in [-0.2, 0) is 30.4 Å². The quantitative estimate of drug-likeness (QED) is 0.426. The highest BCUT2D eigenvalue weighted by Crippen LogP contribution is 2.32. The van der Waals surface area contributed by atoms with Crippen LogP contribution in [0, 0.1) is 17.8 Å². The summed E-state index contributed by atoms with van der Waals surface area (Å²) in [7, 11) is 0. The smallest absolute Gasteiger partial charge is 0.309 e. The van der Waals surface area contributed by atoms with Gasteiger partial charge in [-0.15, -0.1) is 0 Å². The maximum absolute atomic E-state index is 12.9. The van der Waals surface area contributed by atoms with Crippen LogP contribution in [0.3, 0.4) is 0 Å². The monoisotopic (exact) mass is 452 g/mol. The highest BCUT2D eigenvalue weighted by molar-refractivity contribution is 6.05. The lowest BCUT2D eigenvalue weighted by atomic mass is 9.82. The second kappa shape index (κ2) is 8.99. The maximum Gasteiger partial charge on any atom is 0.309 e. The molecule has 2 aliphatic heterocycles. The summed E-state index contributed by atoms with van der Waals surface area (Å²) in [5, 5.41) is 2.31.